The van der Waals surface area contributed by atoms with Crippen molar-refractivity contribution in [2.75, 3.05) is 5.73 Å². The van der Waals surface area contributed by atoms with E-state index in [0.717, 1.165) is 27.9 Å². The second-order valence-corrected chi connectivity index (χ2v) is 7.59. The van der Waals surface area contributed by atoms with Crippen LogP contribution in [-0.2, 0) is 0 Å². The minimum absolute atomic E-state index is 0.800. The minimum Gasteiger partial charge on any atom is -0.398 e. The number of nitrogen functional groups attached to an aromatic ring is 1. The SMILES string of the molecule is Nc1c(-c2ccccc2-c2ccccc2)cccc1-c1ccccc1-c1ccccc1. The Labute approximate surface area is 183 Å². The molecule has 5 aromatic carbocycles. The van der Waals surface area contributed by atoms with E-state index in [1.807, 2.05) is 12.1 Å². The Morgan fingerprint density at radius 3 is 1.03 bits per heavy atom. The Bertz CT molecular complexity index is 1220. The van der Waals surface area contributed by atoms with Crippen LogP contribution in [0.25, 0.3) is 44.5 Å². The molecule has 0 aliphatic rings. The Balaban J connectivity index is 1.69. The molecule has 0 atom stereocenters. The second-order valence-electron chi connectivity index (χ2n) is 7.59. The van der Waals surface area contributed by atoms with Crippen LogP contribution in [0.5, 0.6) is 0 Å². The van der Waals surface area contributed by atoms with Crippen molar-refractivity contribution in [1.82, 2.24) is 0 Å². The van der Waals surface area contributed by atoms with Crippen LogP contribution >= 0.6 is 0 Å². The highest BCUT2D eigenvalue weighted by molar-refractivity contribution is 5.97. The molecule has 0 aliphatic carbocycles. The quantitative estimate of drug-likeness (QED) is 0.306. The number of hydrogen-bond donors (Lipinski definition) is 1. The highest BCUT2D eigenvalue weighted by Gasteiger charge is 2.15. The number of hydrogen-bond acceptors (Lipinski definition) is 1. The molecule has 5 rings (SSSR count). The van der Waals surface area contributed by atoms with Crippen LogP contribution in [0, 0.1) is 0 Å². The standard InChI is InChI=1S/C30H23N/c31-30-28(26-18-9-7-16-24(26)22-12-3-1-4-13-22)20-11-21-29(30)27-19-10-8-17-25(27)23-14-5-2-6-15-23/h1-21H,31H2. The Kier molecular flexibility index (Phi) is 5.08. The van der Waals surface area contributed by atoms with Crippen LogP contribution in [0.15, 0.2) is 127 Å². The van der Waals surface area contributed by atoms with Gasteiger partial charge < -0.3 is 5.73 Å². The summed E-state index contributed by atoms with van der Waals surface area (Å²) in [5, 5.41) is 0. The van der Waals surface area contributed by atoms with Gasteiger partial charge in [0.25, 0.3) is 0 Å². The minimum atomic E-state index is 0.800. The molecule has 0 unspecified atom stereocenters. The van der Waals surface area contributed by atoms with Crippen molar-refractivity contribution in [2.45, 2.75) is 0 Å². The van der Waals surface area contributed by atoms with Gasteiger partial charge in [0.15, 0.2) is 0 Å². The molecule has 0 saturated carbocycles. The fourth-order valence-corrected chi connectivity index (χ4v) is 4.21. The van der Waals surface area contributed by atoms with E-state index in [9.17, 15) is 0 Å². The fourth-order valence-electron chi connectivity index (χ4n) is 4.21. The number of nitrogens with two attached hydrogens (primary N) is 1. The summed E-state index contributed by atoms with van der Waals surface area (Å²) < 4.78 is 0. The summed E-state index contributed by atoms with van der Waals surface area (Å²) in [6, 6.07) is 44.2. The highest BCUT2D eigenvalue weighted by Crippen LogP contribution is 2.41. The summed E-state index contributed by atoms with van der Waals surface area (Å²) in [7, 11) is 0. The Morgan fingerprint density at radius 1 is 0.290 bits per heavy atom. The number of anilines is 1. The van der Waals surface area contributed by atoms with Crippen molar-refractivity contribution in [2.24, 2.45) is 0 Å². The van der Waals surface area contributed by atoms with Gasteiger partial charge in [-0.3, -0.25) is 0 Å². The fraction of sp³-hybridized carbons (Fsp3) is 0. The number of rotatable bonds is 4. The lowest BCUT2D eigenvalue weighted by molar-refractivity contribution is 1.55. The molecule has 0 saturated heterocycles. The molecule has 2 N–H and O–H groups in total. The van der Waals surface area contributed by atoms with E-state index in [-0.39, 0.29) is 0 Å². The smallest absolute Gasteiger partial charge is 0.0473 e. The molecular formula is C30H23N. The van der Waals surface area contributed by atoms with Crippen molar-refractivity contribution >= 4 is 5.69 Å². The topological polar surface area (TPSA) is 26.0 Å². The van der Waals surface area contributed by atoms with Crippen LogP contribution in [0.1, 0.15) is 0 Å². The molecule has 0 radical (unpaired) electrons. The van der Waals surface area contributed by atoms with Crippen LogP contribution in [0.3, 0.4) is 0 Å². The molecule has 0 aromatic heterocycles. The normalized spacial score (nSPS) is 10.7. The lowest BCUT2D eigenvalue weighted by Gasteiger charge is -2.17. The summed E-state index contributed by atoms with van der Waals surface area (Å²) in [5.41, 5.74) is 16.8. The summed E-state index contributed by atoms with van der Waals surface area (Å²) in [4.78, 5) is 0. The van der Waals surface area contributed by atoms with E-state index in [2.05, 4.69) is 115 Å². The van der Waals surface area contributed by atoms with Crippen molar-refractivity contribution in [1.29, 1.82) is 0 Å². The molecule has 0 spiro atoms. The number of benzene rings is 5. The Morgan fingerprint density at radius 2 is 0.613 bits per heavy atom. The van der Waals surface area contributed by atoms with Crippen molar-refractivity contribution in [3.05, 3.63) is 127 Å². The summed E-state index contributed by atoms with van der Waals surface area (Å²) >= 11 is 0. The lowest BCUT2D eigenvalue weighted by Crippen LogP contribution is -1.96. The van der Waals surface area contributed by atoms with E-state index in [1.54, 1.807) is 0 Å². The first-order valence-electron chi connectivity index (χ1n) is 10.5. The third-order valence-corrected chi connectivity index (χ3v) is 5.71. The zero-order valence-electron chi connectivity index (χ0n) is 17.2. The van der Waals surface area contributed by atoms with Crippen molar-refractivity contribution < 1.29 is 0 Å². The first-order valence-corrected chi connectivity index (χ1v) is 10.5. The highest BCUT2D eigenvalue weighted by atomic mass is 14.6. The predicted octanol–water partition coefficient (Wildman–Crippen LogP) is 7.94. The van der Waals surface area contributed by atoms with Gasteiger partial charge in [0, 0.05) is 16.8 Å². The zero-order chi connectivity index (χ0) is 21.0. The van der Waals surface area contributed by atoms with Gasteiger partial charge >= 0.3 is 0 Å². The van der Waals surface area contributed by atoms with Gasteiger partial charge in [0.1, 0.15) is 0 Å². The van der Waals surface area contributed by atoms with E-state index >= 15 is 0 Å². The van der Waals surface area contributed by atoms with Gasteiger partial charge in [-0.25, -0.2) is 0 Å². The lowest BCUT2D eigenvalue weighted by atomic mass is 9.89. The molecule has 31 heavy (non-hydrogen) atoms. The van der Waals surface area contributed by atoms with Gasteiger partial charge in [-0.05, 0) is 33.4 Å². The van der Waals surface area contributed by atoms with Crippen LogP contribution in [0.2, 0.25) is 0 Å². The summed E-state index contributed by atoms with van der Waals surface area (Å²) in [5.74, 6) is 0. The largest absolute Gasteiger partial charge is 0.398 e. The van der Waals surface area contributed by atoms with Crippen LogP contribution in [-0.4, -0.2) is 0 Å². The predicted molar refractivity (Wildman–Crippen MR) is 133 cm³/mol. The zero-order valence-corrected chi connectivity index (χ0v) is 17.2. The van der Waals surface area contributed by atoms with Gasteiger partial charge in [-0.2, -0.15) is 0 Å². The average molecular weight is 398 g/mol. The molecular weight excluding hydrogens is 374 g/mol. The summed E-state index contributed by atoms with van der Waals surface area (Å²) in [6.07, 6.45) is 0. The molecule has 0 bridgehead atoms. The average Bonchev–Trinajstić information content (AvgIpc) is 2.85. The van der Waals surface area contributed by atoms with Crippen molar-refractivity contribution in [3.63, 3.8) is 0 Å². The van der Waals surface area contributed by atoms with Crippen molar-refractivity contribution in [3.8, 4) is 44.5 Å². The maximum absolute atomic E-state index is 6.84. The number of para-hydroxylation sites is 1. The third kappa shape index (κ3) is 3.62. The van der Waals surface area contributed by atoms with Crippen LogP contribution < -0.4 is 5.73 Å². The first-order chi connectivity index (χ1) is 15.3. The maximum atomic E-state index is 6.84. The molecule has 1 nitrogen and oxygen atoms in total. The molecule has 1 heteroatoms. The molecule has 5 aromatic rings. The third-order valence-electron chi connectivity index (χ3n) is 5.71. The van der Waals surface area contributed by atoms with E-state index in [1.165, 1.54) is 22.3 Å². The van der Waals surface area contributed by atoms with E-state index in [0.29, 0.717) is 0 Å². The van der Waals surface area contributed by atoms with Gasteiger partial charge in [-0.15, -0.1) is 0 Å². The van der Waals surface area contributed by atoms with Gasteiger partial charge in [-0.1, -0.05) is 127 Å². The monoisotopic (exact) mass is 397 g/mol. The second kappa shape index (κ2) is 8.33. The van der Waals surface area contributed by atoms with Crippen LogP contribution in [0.4, 0.5) is 5.69 Å². The summed E-state index contributed by atoms with van der Waals surface area (Å²) in [6.45, 7) is 0. The molecule has 148 valence electrons. The maximum Gasteiger partial charge on any atom is 0.0473 e. The van der Waals surface area contributed by atoms with E-state index < -0.39 is 0 Å². The molecule has 0 fully saturated rings. The van der Waals surface area contributed by atoms with E-state index in [4.69, 9.17) is 5.73 Å². The Hall–Kier alpha value is -4.10. The van der Waals surface area contributed by atoms with Gasteiger partial charge in [0.05, 0.1) is 0 Å². The molecule has 0 aliphatic heterocycles. The molecule has 0 amide bonds. The van der Waals surface area contributed by atoms with Gasteiger partial charge in [0.2, 0.25) is 0 Å². The first kappa shape index (κ1) is 18.9. The molecule has 0 heterocycles.